The molecular formula is C6H9NO5. The highest BCUT2D eigenvalue weighted by Crippen LogP contribution is 1.97. The number of nitrogens with one attached hydrogen (secondary N) is 1. The Balaban J connectivity index is 3.50. The quantitative estimate of drug-likeness (QED) is 0.320. The zero-order valence-electron chi connectivity index (χ0n) is 6.24. The minimum Gasteiger partial charge on any atom is -0.478 e. The van der Waals surface area contributed by atoms with Crippen LogP contribution >= 0.6 is 0 Å². The molecule has 0 fully saturated rings. The third-order valence-corrected chi connectivity index (χ3v) is 1.03. The van der Waals surface area contributed by atoms with Crippen LogP contribution in [0, 0.1) is 0 Å². The molecule has 3 N–H and O–H groups in total. The van der Waals surface area contributed by atoms with Crippen molar-refractivity contribution in [3.8, 4) is 0 Å². The predicted octanol–water partition coefficient (Wildman–Crippen LogP) is 0.133. The molecule has 0 heterocycles. The number of amides is 1. The summed E-state index contributed by atoms with van der Waals surface area (Å²) in [5, 5.41) is 16.2. The van der Waals surface area contributed by atoms with Crippen molar-refractivity contribution in [3.05, 3.63) is 12.2 Å². The number of carbonyl (C=O) groups excluding carboxylic acids is 1. The molecule has 0 radical (unpaired) electrons. The molecule has 0 bridgehead atoms. The molecule has 0 aliphatic heterocycles. The van der Waals surface area contributed by atoms with E-state index in [-0.39, 0.29) is 18.6 Å². The van der Waals surface area contributed by atoms with Crippen molar-refractivity contribution >= 4 is 12.1 Å². The van der Waals surface area contributed by atoms with E-state index in [1.54, 1.807) is 0 Å². The van der Waals surface area contributed by atoms with E-state index in [4.69, 9.17) is 10.3 Å². The van der Waals surface area contributed by atoms with Gasteiger partial charge in [0.05, 0.1) is 6.61 Å². The second kappa shape index (κ2) is 5.14. The van der Waals surface area contributed by atoms with Gasteiger partial charge in [0.25, 0.3) is 0 Å². The van der Waals surface area contributed by atoms with Gasteiger partial charge in [-0.2, -0.15) is 0 Å². The number of carbonyl (C=O) groups is 2. The summed E-state index contributed by atoms with van der Waals surface area (Å²) < 4.78 is 4.29. The van der Waals surface area contributed by atoms with Crippen molar-refractivity contribution in [1.82, 2.24) is 5.48 Å². The summed E-state index contributed by atoms with van der Waals surface area (Å²) in [7, 11) is 0. The molecule has 0 saturated heterocycles. The highest BCUT2D eigenvalue weighted by molar-refractivity contribution is 5.85. The number of hydroxylamine groups is 1. The van der Waals surface area contributed by atoms with Crippen LogP contribution in [0.1, 0.15) is 6.42 Å². The third kappa shape index (κ3) is 4.29. The lowest BCUT2D eigenvalue weighted by Crippen LogP contribution is -2.20. The number of ether oxygens (including phenoxy) is 1. The van der Waals surface area contributed by atoms with E-state index >= 15 is 0 Å². The summed E-state index contributed by atoms with van der Waals surface area (Å²) in [4.78, 5) is 20.3. The van der Waals surface area contributed by atoms with Crippen LogP contribution < -0.4 is 5.48 Å². The molecule has 0 aliphatic rings. The third-order valence-electron chi connectivity index (χ3n) is 1.03. The summed E-state index contributed by atoms with van der Waals surface area (Å²) in [6.07, 6.45) is -0.990. The Kier molecular flexibility index (Phi) is 4.47. The fraction of sp³-hybridized carbons (Fsp3) is 0.333. The fourth-order valence-electron chi connectivity index (χ4n) is 0.406. The lowest BCUT2D eigenvalue weighted by Gasteiger charge is -2.01. The first-order valence-corrected chi connectivity index (χ1v) is 3.06. The number of aliphatic carboxylic acids is 1. The van der Waals surface area contributed by atoms with Gasteiger partial charge in [0.2, 0.25) is 0 Å². The molecular weight excluding hydrogens is 166 g/mol. The van der Waals surface area contributed by atoms with Crippen LogP contribution in [0.15, 0.2) is 12.2 Å². The van der Waals surface area contributed by atoms with Crippen LogP contribution in [-0.4, -0.2) is 29.0 Å². The van der Waals surface area contributed by atoms with Gasteiger partial charge < -0.3 is 9.84 Å². The van der Waals surface area contributed by atoms with Crippen LogP contribution in [0.3, 0.4) is 0 Å². The molecule has 6 heteroatoms. The summed E-state index contributed by atoms with van der Waals surface area (Å²) in [6.45, 7) is 3.08. The molecule has 0 unspecified atom stereocenters. The number of carboxylic acid groups (broad SMARTS) is 1. The molecule has 0 aromatic carbocycles. The maximum Gasteiger partial charge on any atom is 0.431 e. The smallest absolute Gasteiger partial charge is 0.431 e. The van der Waals surface area contributed by atoms with Gasteiger partial charge in [0.1, 0.15) is 0 Å². The summed E-state index contributed by atoms with van der Waals surface area (Å²) in [5.41, 5.74) is 1.17. The number of hydrogen-bond donors (Lipinski definition) is 3. The monoisotopic (exact) mass is 175 g/mol. The maximum absolute atomic E-state index is 10.2. The lowest BCUT2D eigenvalue weighted by atomic mass is 10.2. The molecule has 0 aliphatic carbocycles. The first-order chi connectivity index (χ1) is 5.57. The molecule has 0 rings (SSSR count). The molecule has 0 atom stereocenters. The van der Waals surface area contributed by atoms with Crippen LogP contribution in [0.2, 0.25) is 0 Å². The van der Waals surface area contributed by atoms with E-state index in [0.29, 0.717) is 0 Å². The summed E-state index contributed by atoms with van der Waals surface area (Å²) in [6, 6.07) is 0. The van der Waals surface area contributed by atoms with E-state index in [9.17, 15) is 9.59 Å². The Morgan fingerprint density at radius 3 is 2.50 bits per heavy atom. The van der Waals surface area contributed by atoms with Crippen molar-refractivity contribution in [1.29, 1.82) is 0 Å². The van der Waals surface area contributed by atoms with Crippen LogP contribution in [0.4, 0.5) is 4.79 Å². The normalized spacial score (nSPS) is 8.75. The number of hydrogen-bond acceptors (Lipinski definition) is 4. The standard InChI is InChI=1S/C6H9NO5/c1-4(5(8)9)2-3-12-6(10)7-11/h11H,1-3H2,(H,7,10)(H,8,9). The first kappa shape index (κ1) is 10.4. The van der Waals surface area contributed by atoms with Crippen LogP contribution in [0.25, 0.3) is 0 Å². The van der Waals surface area contributed by atoms with Crippen molar-refractivity contribution < 1.29 is 24.6 Å². The van der Waals surface area contributed by atoms with Crippen LogP contribution in [-0.2, 0) is 9.53 Å². The van der Waals surface area contributed by atoms with Gasteiger partial charge in [-0.1, -0.05) is 6.58 Å². The van der Waals surface area contributed by atoms with Crippen molar-refractivity contribution in [2.24, 2.45) is 0 Å². The minimum absolute atomic E-state index is 0.0305. The molecule has 12 heavy (non-hydrogen) atoms. The van der Waals surface area contributed by atoms with E-state index in [2.05, 4.69) is 11.3 Å². The average molecular weight is 175 g/mol. The number of carboxylic acids is 1. The molecule has 0 saturated carbocycles. The lowest BCUT2D eigenvalue weighted by molar-refractivity contribution is -0.132. The van der Waals surface area contributed by atoms with Gasteiger partial charge in [-0.3, -0.25) is 5.21 Å². The fourth-order valence-corrected chi connectivity index (χ4v) is 0.406. The minimum atomic E-state index is -1.14. The zero-order valence-corrected chi connectivity index (χ0v) is 6.24. The topological polar surface area (TPSA) is 95.9 Å². The molecule has 0 spiro atoms. The summed E-state index contributed by atoms with van der Waals surface area (Å²) >= 11 is 0. The van der Waals surface area contributed by atoms with Gasteiger partial charge in [-0.05, 0) is 0 Å². The van der Waals surface area contributed by atoms with Gasteiger partial charge >= 0.3 is 12.1 Å². The van der Waals surface area contributed by atoms with E-state index < -0.39 is 12.1 Å². The highest BCUT2D eigenvalue weighted by atomic mass is 16.6. The highest BCUT2D eigenvalue weighted by Gasteiger charge is 2.05. The molecule has 6 nitrogen and oxygen atoms in total. The van der Waals surface area contributed by atoms with Gasteiger partial charge in [-0.25, -0.2) is 15.1 Å². The largest absolute Gasteiger partial charge is 0.478 e. The second-order valence-electron chi connectivity index (χ2n) is 1.91. The Labute approximate surface area is 68.4 Å². The summed E-state index contributed by atoms with van der Waals surface area (Å²) in [5.74, 6) is -1.14. The maximum atomic E-state index is 10.2. The molecule has 1 amide bonds. The average Bonchev–Trinajstić information content (AvgIpc) is 2.03. The van der Waals surface area contributed by atoms with Crippen LogP contribution in [0.5, 0.6) is 0 Å². The second-order valence-corrected chi connectivity index (χ2v) is 1.91. The van der Waals surface area contributed by atoms with Gasteiger partial charge in [0.15, 0.2) is 0 Å². The Morgan fingerprint density at radius 1 is 1.50 bits per heavy atom. The van der Waals surface area contributed by atoms with Crippen molar-refractivity contribution in [3.63, 3.8) is 0 Å². The van der Waals surface area contributed by atoms with Gasteiger partial charge in [-0.15, -0.1) is 0 Å². The molecule has 0 aromatic heterocycles. The number of rotatable bonds is 4. The SMILES string of the molecule is C=C(CCOC(=O)NO)C(=O)O. The zero-order chi connectivity index (χ0) is 9.56. The van der Waals surface area contributed by atoms with Crippen molar-refractivity contribution in [2.75, 3.05) is 6.61 Å². The molecule has 0 aromatic rings. The first-order valence-electron chi connectivity index (χ1n) is 3.06. The van der Waals surface area contributed by atoms with E-state index in [0.717, 1.165) is 0 Å². The van der Waals surface area contributed by atoms with Crippen molar-refractivity contribution in [2.45, 2.75) is 6.42 Å². The predicted molar refractivity (Wildman–Crippen MR) is 37.7 cm³/mol. The Bertz CT molecular complexity index is 200. The van der Waals surface area contributed by atoms with E-state index in [1.165, 1.54) is 5.48 Å². The van der Waals surface area contributed by atoms with Gasteiger partial charge in [0, 0.05) is 12.0 Å². The Morgan fingerprint density at radius 2 is 2.08 bits per heavy atom. The van der Waals surface area contributed by atoms with E-state index in [1.807, 2.05) is 0 Å². The molecule has 68 valence electrons. The Hall–Kier alpha value is -1.56.